The third kappa shape index (κ3) is 6.07. The lowest BCUT2D eigenvalue weighted by Gasteiger charge is -2.46. The first kappa shape index (κ1) is 33.3. The molecule has 0 radical (unpaired) electrons. The van der Waals surface area contributed by atoms with Gasteiger partial charge in [0, 0.05) is 51.4 Å². The molecule has 3 aliphatic rings. The molecule has 2 N–H and O–H groups in total. The second kappa shape index (κ2) is 13.5. The minimum atomic E-state index is -0.913. The maximum absolute atomic E-state index is 13.6. The number of nitrogens with zero attached hydrogens (tertiary/aromatic N) is 7. The Morgan fingerprint density at radius 3 is 2.06 bits per heavy atom. The monoisotopic (exact) mass is 651 g/mol. The topological polar surface area (TPSA) is 151 Å². The van der Waals surface area contributed by atoms with Crippen molar-refractivity contribution in [3.8, 4) is 6.07 Å². The summed E-state index contributed by atoms with van der Waals surface area (Å²) in [6, 6.07) is 13.7. The number of fused-ring (bicyclic) bond motifs is 2. The number of rotatable bonds is 8. The van der Waals surface area contributed by atoms with Gasteiger partial charge in [0.1, 0.15) is 6.04 Å². The van der Waals surface area contributed by atoms with Gasteiger partial charge in [-0.1, -0.05) is 36.6 Å². The highest BCUT2D eigenvalue weighted by atomic mass is 16.2. The normalized spacial score (nSPS) is 19.4. The lowest BCUT2D eigenvalue weighted by atomic mass is 9.62. The van der Waals surface area contributed by atoms with E-state index in [4.69, 9.17) is 0 Å². The molecule has 3 amide bonds. The molecular weight excluding hydrogens is 606 g/mol. The molecule has 1 saturated carbocycles. The average Bonchev–Trinajstić information content (AvgIpc) is 3.80. The molecule has 2 aliphatic carbocycles. The Bertz CT molecular complexity index is 1650. The molecule has 6 rings (SSSR count). The van der Waals surface area contributed by atoms with Crippen LogP contribution < -0.4 is 5.32 Å². The molecule has 2 aromatic carbocycles. The fourth-order valence-corrected chi connectivity index (χ4v) is 8.20. The Morgan fingerprint density at radius 2 is 1.54 bits per heavy atom. The molecular formula is C36H45N9O3. The van der Waals surface area contributed by atoms with Crippen LogP contribution in [0.2, 0.25) is 0 Å². The highest BCUT2D eigenvalue weighted by molar-refractivity contribution is 5.95. The largest absolute Gasteiger partial charge is 0.345 e. The van der Waals surface area contributed by atoms with E-state index in [-0.39, 0.29) is 30.3 Å². The lowest BCUT2D eigenvalue weighted by molar-refractivity contribution is -0.130. The molecule has 1 atom stereocenters. The molecule has 12 nitrogen and oxygen atoms in total. The highest BCUT2D eigenvalue weighted by Crippen LogP contribution is 2.51. The molecule has 2 heterocycles. The van der Waals surface area contributed by atoms with Crippen molar-refractivity contribution in [2.24, 2.45) is 0 Å². The molecule has 3 aromatic rings. The van der Waals surface area contributed by atoms with Crippen LogP contribution in [0.3, 0.4) is 0 Å². The van der Waals surface area contributed by atoms with Crippen LogP contribution in [0.25, 0.3) is 0 Å². The summed E-state index contributed by atoms with van der Waals surface area (Å²) in [4.78, 5) is 44.7. The van der Waals surface area contributed by atoms with Crippen molar-refractivity contribution < 1.29 is 14.4 Å². The molecule has 0 bridgehead atoms. The average molecular weight is 652 g/mol. The van der Waals surface area contributed by atoms with Gasteiger partial charge in [-0.15, -0.1) is 10.2 Å². The van der Waals surface area contributed by atoms with Gasteiger partial charge in [0.15, 0.2) is 5.82 Å². The number of hydrogen-bond acceptors (Lipinski definition) is 8. The summed E-state index contributed by atoms with van der Waals surface area (Å²) in [5.41, 5.74) is 3.83. The molecule has 1 aromatic heterocycles. The SMILES string of the molecule is CN(C)C(=O)c1ccc2c(c1)CCc1cc(C(=O)N(C)C)ccc1C2(CC1(NCC(=O)N2CCC[C@H]2C#N)CCCCC1)c1nn[nH]n1. The number of aromatic nitrogens is 4. The van der Waals surface area contributed by atoms with Crippen LogP contribution in [-0.2, 0) is 23.1 Å². The summed E-state index contributed by atoms with van der Waals surface area (Å²) in [5.74, 6) is 0.292. The van der Waals surface area contributed by atoms with Crippen LogP contribution >= 0.6 is 0 Å². The van der Waals surface area contributed by atoms with Gasteiger partial charge in [0.2, 0.25) is 5.91 Å². The number of H-pyrrole nitrogens is 1. The third-order valence-electron chi connectivity index (χ3n) is 10.6. The van der Waals surface area contributed by atoms with E-state index in [1.165, 1.54) is 0 Å². The molecule has 2 fully saturated rings. The molecule has 0 unspecified atom stereocenters. The predicted molar refractivity (Wildman–Crippen MR) is 179 cm³/mol. The number of carbonyl (C=O) groups is 3. The van der Waals surface area contributed by atoms with Gasteiger partial charge in [0.05, 0.1) is 18.0 Å². The molecule has 12 heteroatoms. The predicted octanol–water partition coefficient (Wildman–Crippen LogP) is 3.23. The zero-order valence-corrected chi connectivity index (χ0v) is 28.4. The smallest absolute Gasteiger partial charge is 0.253 e. The number of aryl methyl sites for hydroxylation is 2. The maximum Gasteiger partial charge on any atom is 0.253 e. The van der Waals surface area contributed by atoms with E-state index in [0.29, 0.717) is 49.2 Å². The fourth-order valence-electron chi connectivity index (χ4n) is 8.20. The number of hydrogen-bond donors (Lipinski definition) is 2. The van der Waals surface area contributed by atoms with Crippen molar-refractivity contribution in [2.45, 2.75) is 81.2 Å². The molecule has 48 heavy (non-hydrogen) atoms. The number of benzene rings is 2. The molecule has 0 spiro atoms. The Morgan fingerprint density at radius 1 is 0.938 bits per heavy atom. The van der Waals surface area contributed by atoms with Gasteiger partial charge >= 0.3 is 0 Å². The van der Waals surface area contributed by atoms with Gasteiger partial charge in [-0.25, -0.2) is 0 Å². The quantitative estimate of drug-likeness (QED) is 0.377. The second-order valence-electron chi connectivity index (χ2n) is 14.0. The minimum absolute atomic E-state index is 0.0574. The van der Waals surface area contributed by atoms with Crippen molar-refractivity contribution >= 4 is 17.7 Å². The van der Waals surface area contributed by atoms with Crippen LogP contribution in [0.1, 0.15) is 100 Å². The van der Waals surface area contributed by atoms with Crippen LogP contribution in [-0.4, -0.2) is 106 Å². The first-order valence-corrected chi connectivity index (χ1v) is 17.0. The van der Waals surface area contributed by atoms with Crippen LogP contribution in [0.5, 0.6) is 0 Å². The minimum Gasteiger partial charge on any atom is -0.345 e. The Balaban J connectivity index is 1.52. The summed E-state index contributed by atoms with van der Waals surface area (Å²) < 4.78 is 0. The number of tetrazole rings is 1. The van der Waals surface area contributed by atoms with Gasteiger partial charge in [-0.2, -0.15) is 10.5 Å². The van der Waals surface area contributed by atoms with Crippen LogP contribution in [0.15, 0.2) is 36.4 Å². The standard InChI is InChI=1S/C36H45N9O3/c1-43(2)32(47)26-12-14-29-24(19-26)10-11-25-20-27(33(48)44(3)4)13-15-30(25)36(29,34-39-41-42-40-34)23-35(16-6-5-7-17-35)38-22-31(46)45-18-8-9-28(45)21-37/h12-15,19-20,28,38H,5-11,16-18,22-23H2,1-4H3,(H,39,40,41,42)/t28-/m0/s1. The van der Waals surface area contributed by atoms with E-state index in [0.717, 1.165) is 60.8 Å². The number of carbonyl (C=O) groups excluding carboxylic acids is 3. The van der Waals surface area contributed by atoms with Gasteiger partial charge in [-0.05, 0) is 91.5 Å². The highest BCUT2D eigenvalue weighted by Gasteiger charge is 2.51. The van der Waals surface area contributed by atoms with Crippen molar-refractivity contribution in [3.63, 3.8) is 0 Å². The summed E-state index contributed by atoms with van der Waals surface area (Å²) in [6.45, 7) is 0.730. The number of nitriles is 1. The van der Waals surface area contributed by atoms with Crippen molar-refractivity contribution in [3.05, 3.63) is 75.6 Å². The summed E-state index contributed by atoms with van der Waals surface area (Å²) in [6.07, 6.45) is 8.19. The van der Waals surface area contributed by atoms with Crippen molar-refractivity contribution in [1.29, 1.82) is 5.26 Å². The van der Waals surface area contributed by atoms with E-state index in [9.17, 15) is 19.6 Å². The Labute approximate surface area is 281 Å². The maximum atomic E-state index is 13.6. The van der Waals surface area contributed by atoms with Crippen molar-refractivity contribution in [1.82, 2.24) is 40.6 Å². The first-order chi connectivity index (χ1) is 23.1. The second-order valence-corrected chi connectivity index (χ2v) is 14.0. The van der Waals surface area contributed by atoms with Crippen LogP contribution in [0.4, 0.5) is 0 Å². The number of likely N-dealkylation sites (tertiary alicyclic amines) is 1. The summed E-state index contributed by atoms with van der Waals surface area (Å²) in [7, 11) is 6.99. The molecule has 252 valence electrons. The molecule has 1 aliphatic heterocycles. The zero-order chi connectivity index (χ0) is 34.1. The Hall–Kier alpha value is -4.63. The lowest BCUT2D eigenvalue weighted by Crippen LogP contribution is -2.55. The number of aromatic amines is 1. The van der Waals surface area contributed by atoms with Gasteiger partial charge < -0.3 is 20.0 Å². The van der Waals surface area contributed by atoms with E-state index in [1.807, 2.05) is 36.4 Å². The van der Waals surface area contributed by atoms with E-state index >= 15 is 0 Å². The third-order valence-corrected chi connectivity index (χ3v) is 10.6. The number of nitrogens with one attached hydrogen (secondary N) is 2. The van der Waals surface area contributed by atoms with E-state index in [2.05, 4.69) is 32.0 Å². The van der Waals surface area contributed by atoms with Crippen LogP contribution in [0, 0.1) is 11.3 Å². The summed E-state index contributed by atoms with van der Waals surface area (Å²) in [5, 5.41) is 29.5. The van der Waals surface area contributed by atoms with Gasteiger partial charge in [0.25, 0.3) is 11.8 Å². The van der Waals surface area contributed by atoms with Crippen molar-refractivity contribution in [2.75, 3.05) is 41.3 Å². The molecule has 1 saturated heterocycles. The summed E-state index contributed by atoms with van der Waals surface area (Å²) >= 11 is 0. The van der Waals surface area contributed by atoms with E-state index in [1.54, 1.807) is 42.9 Å². The first-order valence-electron chi connectivity index (χ1n) is 17.0. The zero-order valence-electron chi connectivity index (χ0n) is 28.4. The Kier molecular flexibility index (Phi) is 9.34. The number of amides is 3. The van der Waals surface area contributed by atoms with E-state index < -0.39 is 11.0 Å². The van der Waals surface area contributed by atoms with Gasteiger partial charge in [-0.3, -0.25) is 14.4 Å². The fraction of sp³-hybridized carbons (Fsp3) is 0.528.